The molecular formula is C26H22N4O2. The van der Waals surface area contributed by atoms with Gasteiger partial charge in [0.15, 0.2) is 0 Å². The van der Waals surface area contributed by atoms with Gasteiger partial charge in [0.05, 0.1) is 16.8 Å². The Morgan fingerprint density at radius 1 is 0.719 bits per heavy atom. The van der Waals surface area contributed by atoms with E-state index >= 15 is 0 Å². The number of carbonyl (C=O) groups excluding carboxylic acids is 2. The molecule has 0 spiro atoms. The van der Waals surface area contributed by atoms with Crippen LogP contribution in [0.5, 0.6) is 0 Å². The Kier molecular flexibility index (Phi) is 5.34. The maximum absolute atomic E-state index is 13.5. The molecule has 0 saturated carbocycles. The first-order chi connectivity index (χ1) is 15.7. The number of hydrogen-bond acceptors (Lipinski definition) is 4. The SMILES string of the molecule is O=C(c1ccccc1)N1CCN(C(=O)c2cc(-c3ccncc3)nc3ccccc23)CC1. The standard InChI is InChI=1S/C26H22N4O2/c31-25(20-6-2-1-3-7-20)29-14-16-30(17-15-29)26(32)22-18-24(19-10-12-27-13-11-19)28-23-9-5-4-8-21(22)23/h1-13,18H,14-17H2. The number of para-hydroxylation sites is 1. The Hall–Kier alpha value is -4.06. The highest BCUT2D eigenvalue weighted by Crippen LogP contribution is 2.26. The molecule has 0 atom stereocenters. The van der Waals surface area contributed by atoms with E-state index in [1.807, 2.05) is 82.6 Å². The molecule has 1 aliphatic rings. The number of hydrogen-bond donors (Lipinski definition) is 0. The lowest BCUT2D eigenvalue weighted by Gasteiger charge is -2.35. The van der Waals surface area contributed by atoms with E-state index in [1.165, 1.54) is 0 Å². The number of rotatable bonds is 3. The largest absolute Gasteiger partial charge is 0.335 e. The summed E-state index contributed by atoms with van der Waals surface area (Å²) in [5, 5.41) is 0.832. The Bertz CT molecular complexity index is 1270. The highest BCUT2D eigenvalue weighted by Gasteiger charge is 2.26. The predicted molar refractivity (Wildman–Crippen MR) is 123 cm³/mol. The van der Waals surface area contributed by atoms with Crippen LogP contribution in [0.4, 0.5) is 0 Å². The maximum atomic E-state index is 13.5. The molecule has 6 heteroatoms. The second-order valence-corrected chi connectivity index (χ2v) is 7.76. The molecule has 2 aromatic heterocycles. The van der Waals surface area contributed by atoms with Crippen molar-refractivity contribution in [3.05, 3.63) is 96.3 Å². The summed E-state index contributed by atoms with van der Waals surface area (Å²) in [6.07, 6.45) is 3.44. The van der Waals surface area contributed by atoms with Gasteiger partial charge in [-0.3, -0.25) is 14.6 Å². The third-order valence-electron chi connectivity index (χ3n) is 5.80. The molecule has 2 aromatic carbocycles. The normalized spacial score (nSPS) is 13.9. The van der Waals surface area contributed by atoms with Gasteiger partial charge in [-0.2, -0.15) is 0 Å². The first-order valence-electron chi connectivity index (χ1n) is 10.6. The third kappa shape index (κ3) is 3.83. The van der Waals surface area contributed by atoms with Gasteiger partial charge in [-0.05, 0) is 36.4 Å². The molecular weight excluding hydrogens is 400 g/mol. The highest BCUT2D eigenvalue weighted by molar-refractivity contribution is 6.07. The molecule has 0 bridgehead atoms. The highest BCUT2D eigenvalue weighted by atomic mass is 16.2. The van der Waals surface area contributed by atoms with Crippen molar-refractivity contribution in [2.75, 3.05) is 26.2 Å². The maximum Gasteiger partial charge on any atom is 0.254 e. The number of amides is 2. The summed E-state index contributed by atoms with van der Waals surface area (Å²) in [4.78, 5) is 38.7. The lowest BCUT2D eigenvalue weighted by Crippen LogP contribution is -2.50. The first kappa shape index (κ1) is 19.9. The summed E-state index contributed by atoms with van der Waals surface area (Å²) in [7, 11) is 0. The number of pyridine rings is 2. The lowest BCUT2D eigenvalue weighted by molar-refractivity contribution is 0.0536. The molecule has 6 nitrogen and oxygen atoms in total. The summed E-state index contributed by atoms with van der Waals surface area (Å²) in [5.41, 5.74) is 3.74. The summed E-state index contributed by atoms with van der Waals surface area (Å²) in [6, 6.07) is 22.6. The van der Waals surface area contributed by atoms with E-state index in [9.17, 15) is 9.59 Å². The number of benzene rings is 2. The van der Waals surface area contributed by atoms with Crippen LogP contribution in [0.2, 0.25) is 0 Å². The van der Waals surface area contributed by atoms with Crippen LogP contribution in [-0.2, 0) is 0 Å². The van der Waals surface area contributed by atoms with Gasteiger partial charge in [0, 0.05) is 55.1 Å². The number of nitrogens with zero attached hydrogens (tertiary/aromatic N) is 4. The van der Waals surface area contributed by atoms with Crippen molar-refractivity contribution < 1.29 is 9.59 Å². The third-order valence-corrected chi connectivity index (χ3v) is 5.80. The van der Waals surface area contributed by atoms with Crippen LogP contribution < -0.4 is 0 Å². The van der Waals surface area contributed by atoms with Crippen molar-refractivity contribution in [1.82, 2.24) is 19.8 Å². The molecule has 5 rings (SSSR count). The number of aromatic nitrogens is 2. The molecule has 0 radical (unpaired) electrons. The fraction of sp³-hybridized carbons (Fsp3) is 0.154. The van der Waals surface area contributed by atoms with Crippen LogP contribution in [0, 0.1) is 0 Å². The molecule has 0 aliphatic carbocycles. The van der Waals surface area contributed by atoms with E-state index in [1.54, 1.807) is 12.4 Å². The number of piperazine rings is 1. The average Bonchev–Trinajstić information content (AvgIpc) is 2.88. The van der Waals surface area contributed by atoms with Crippen molar-refractivity contribution in [2.24, 2.45) is 0 Å². The quantitative estimate of drug-likeness (QED) is 0.502. The van der Waals surface area contributed by atoms with Crippen LogP contribution in [0.25, 0.3) is 22.2 Å². The van der Waals surface area contributed by atoms with Gasteiger partial charge in [0.25, 0.3) is 11.8 Å². The zero-order chi connectivity index (χ0) is 21.9. The fourth-order valence-corrected chi connectivity index (χ4v) is 4.07. The minimum atomic E-state index is -0.0364. The molecule has 0 unspecified atom stereocenters. The van der Waals surface area contributed by atoms with Gasteiger partial charge >= 0.3 is 0 Å². The van der Waals surface area contributed by atoms with E-state index < -0.39 is 0 Å². The van der Waals surface area contributed by atoms with E-state index in [-0.39, 0.29) is 11.8 Å². The molecule has 0 N–H and O–H groups in total. The van der Waals surface area contributed by atoms with Crippen LogP contribution in [-0.4, -0.2) is 57.8 Å². The van der Waals surface area contributed by atoms with Gasteiger partial charge < -0.3 is 9.80 Å². The van der Waals surface area contributed by atoms with Gasteiger partial charge in [-0.1, -0.05) is 36.4 Å². The van der Waals surface area contributed by atoms with Crippen LogP contribution in [0.15, 0.2) is 85.2 Å². The van der Waals surface area contributed by atoms with E-state index in [2.05, 4.69) is 4.98 Å². The summed E-state index contributed by atoms with van der Waals surface area (Å²) < 4.78 is 0. The van der Waals surface area contributed by atoms with Crippen molar-refractivity contribution in [1.29, 1.82) is 0 Å². The zero-order valence-electron chi connectivity index (χ0n) is 17.5. The number of carbonyl (C=O) groups is 2. The molecule has 1 fully saturated rings. The molecule has 32 heavy (non-hydrogen) atoms. The molecule has 4 aromatic rings. The Labute approximate surface area is 186 Å². The topological polar surface area (TPSA) is 66.4 Å². The van der Waals surface area contributed by atoms with Crippen molar-refractivity contribution in [3.8, 4) is 11.3 Å². The Morgan fingerprint density at radius 2 is 1.34 bits per heavy atom. The van der Waals surface area contributed by atoms with Crippen LogP contribution in [0.1, 0.15) is 20.7 Å². The van der Waals surface area contributed by atoms with Gasteiger partial charge in [0.1, 0.15) is 0 Å². The molecule has 1 aliphatic heterocycles. The fourth-order valence-electron chi connectivity index (χ4n) is 4.07. The van der Waals surface area contributed by atoms with Crippen molar-refractivity contribution in [3.63, 3.8) is 0 Å². The summed E-state index contributed by atoms with van der Waals surface area (Å²) >= 11 is 0. The van der Waals surface area contributed by atoms with Gasteiger partial charge in [-0.15, -0.1) is 0 Å². The second kappa shape index (κ2) is 8.59. The second-order valence-electron chi connectivity index (χ2n) is 7.76. The average molecular weight is 422 g/mol. The molecule has 3 heterocycles. The van der Waals surface area contributed by atoms with E-state index in [0.717, 1.165) is 22.2 Å². The summed E-state index contributed by atoms with van der Waals surface area (Å²) in [5.74, 6) is -0.0299. The van der Waals surface area contributed by atoms with E-state index in [0.29, 0.717) is 37.3 Å². The Morgan fingerprint density at radius 3 is 2.06 bits per heavy atom. The van der Waals surface area contributed by atoms with Crippen LogP contribution in [0.3, 0.4) is 0 Å². The minimum absolute atomic E-state index is 0.00651. The van der Waals surface area contributed by atoms with Crippen molar-refractivity contribution in [2.45, 2.75) is 0 Å². The predicted octanol–water partition coefficient (Wildman–Crippen LogP) is 3.90. The summed E-state index contributed by atoms with van der Waals surface area (Å²) in [6.45, 7) is 2.02. The molecule has 2 amide bonds. The van der Waals surface area contributed by atoms with Crippen LogP contribution >= 0.6 is 0 Å². The first-order valence-corrected chi connectivity index (χ1v) is 10.6. The van der Waals surface area contributed by atoms with Crippen molar-refractivity contribution >= 4 is 22.7 Å². The number of fused-ring (bicyclic) bond motifs is 1. The smallest absolute Gasteiger partial charge is 0.254 e. The minimum Gasteiger partial charge on any atom is -0.335 e. The van der Waals surface area contributed by atoms with Gasteiger partial charge in [0.2, 0.25) is 0 Å². The Balaban J connectivity index is 1.40. The van der Waals surface area contributed by atoms with E-state index in [4.69, 9.17) is 4.98 Å². The molecule has 1 saturated heterocycles. The lowest BCUT2D eigenvalue weighted by atomic mass is 10.0. The van der Waals surface area contributed by atoms with Gasteiger partial charge in [-0.25, -0.2) is 4.98 Å². The molecule has 158 valence electrons. The monoisotopic (exact) mass is 422 g/mol. The zero-order valence-corrected chi connectivity index (χ0v) is 17.5.